The zero-order valence-electron chi connectivity index (χ0n) is 12.0. The lowest BCUT2D eigenvalue weighted by molar-refractivity contribution is -0.130. The quantitative estimate of drug-likeness (QED) is 0.801. The van der Waals surface area contributed by atoms with Gasteiger partial charge in [-0.15, -0.1) is 11.8 Å². The summed E-state index contributed by atoms with van der Waals surface area (Å²) in [5, 5.41) is 0.697. The summed E-state index contributed by atoms with van der Waals surface area (Å²) in [5.41, 5.74) is 0. The summed E-state index contributed by atoms with van der Waals surface area (Å²) in [5.74, 6) is 0.627. The maximum atomic E-state index is 12.2. The second-order valence-electron chi connectivity index (χ2n) is 4.98. The van der Waals surface area contributed by atoms with Crippen LogP contribution >= 0.6 is 23.4 Å². The van der Waals surface area contributed by atoms with Crippen LogP contribution in [-0.2, 0) is 9.59 Å². The van der Waals surface area contributed by atoms with E-state index in [1.807, 2.05) is 29.2 Å². The Morgan fingerprint density at radius 1 is 1.10 bits per heavy atom. The van der Waals surface area contributed by atoms with Gasteiger partial charge in [0.1, 0.15) is 0 Å². The molecule has 1 heterocycles. The SMILES string of the molecule is CC(=O)N1CCCN(C(=O)CSc2ccc(Cl)cc2)CC1. The Balaban J connectivity index is 1.83. The molecule has 4 nitrogen and oxygen atoms in total. The molecule has 1 saturated heterocycles. The van der Waals surface area contributed by atoms with Crippen molar-refractivity contribution in [1.29, 1.82) is 0 Å². The van der Waals surface area contributed by atoms with E-state index in [1.165, 1.54) is 11.8 Å². The Bertz CT molecular complexity index is 507. The van der Waals surface area contributed by atoms with E-state index >= 15 is 0 Å². The summed E-state index contributed by atoms with van der Waals surface area (Å²) >= 11 is 7.35. The first-order valence-electron chi connectivity index (χ1n) is 6.98. The lowest BCUT2D eigenvalue weighted by Gasteiger charge is -2.21. The zero-order chi connectivity index (χ0) is 15.2. The molecule has 1 aromatic rings. The third-order valence-corrected chi connectivity index (χ3v) is 4.72. The van der Waals surface area contributed by atoms with Gasteiger partial charge in [0, 0.05) is 43.0 Å². The number of nitrogens with zero attached hydrogens (tertiary/aromatic N) is 2. The molecule has 1 aromatic carbocycles. The highest BCUT2D eigenvalue weighted by atomic mass is 35.5. The summed E-state index contributed by atoms with van der Waals surface area (Å²) in [6.45, 7) is 4.30. The molecule has 21 heavy (non-hydrogen) atoms. The summed E-state index contributed by atoms with van der Waals surface area (Å²) < 4.78 is 0. The summed E-state index contributed by atoms with van der Waals surface area (Å²) in [6, 6.07) is 7.48. The van der Waals surface area contributed by atoms with Crippen molar-refractivity contribution in [2.24, 2.45) is 0 Å². The second-order valence-corrected chi connectivity index (χ2v) is 6.47. The molecule has 0 radical (unpaired) electrons. The summed E-state index contributed by atoms with van der Waals surface area (Å²) in [7, 11) is 0. The fraction of sp³-hybridized carbons (Fsp3) is 0.467. The highest BCUT2D eigenvalue weighted by molar-refractivity contribution is 8.00. The van der Waals surface area contributed by atoms with E-state index in [0.29, 0.717) is 23.9 Å². The molecular weight excluding hydrogens is 308 g/mol. The van der Waals surface area contributed by atoms with Crippen LogP contribution in [0.1, 0.15) is 13.3 Å². The minimum atomic E-state index is 0.0832. The van der Waals surface area contributed by atoms with Gasteiger partial charge in [-0.2, -0.15) is 0 Å². The van der Waals surface area contributed by atoms with Crippen LogP contribution in [0.15, 0.2) is 29.2 Å². The zero-order valence-corrected chi connectivity index (χ0v) is 13.6. The van der Waals surface area contributed by atoms with Crippen molar-refractivity contribution < 1.29 is 9.59 Å². The number of amides is 2. The molecule has 1 aliphatic heterocycles. The van der Waals surface area contributed by atoms with Crippen LogP contribution in [0.5, 0.6) is 0 Å². The van der Waals surface area contributed by atoms with Crippen molar-refractivity contribution in [3.8, 4) is 0 Å². The van der Waals surface area contributed by atoms with Crippen molar-refractivity contribution in [3.63, 3.8) is 0 Å². The van der Waals surface area contributed by atoms with Gasteiger partial charge < -0.3 is 9.80 Å². The van der Waals surface area contributed by atoms with Crippen LogP contribution in [0.3, 0.4) is 0 Å². The van der Waals surface area contributed by atoms with E-state index in [0.717, 1.165) is 24.4 Å². The standard InChI is InChI=1S/C15H19ClN2O2S/c1-12(19)17-7-2-8-18(10-9-17)15(20)11-21-14-5-3-13(16)4-6-14/h3-6H,2,7-11H2,1H3. The van der Waals surface area contributed by atoms with Crippen LogP contribution < -0.4 is 0 Å². The number of thioether (sulfide) groups is 1. The van der Waals surface area contributed by atoms with Crippen LogP contribution in [0.2, 0.25) is 5.02 Å². The first-order chi connectivity index (χ1) is 10.1. The fourth-order valence-electron chi connectivity index (χ4n) is 2.25. The Morgan fingerprint density at radius 3 is 2.38 bits per heavy atom. The average molecular weight is 327 g/mol. The van der Waals surface area contributed by atoms with Gasteiger partial charge in [0.05, 0.1) is 5.75 Å². The van der Waals surface area contributed by atoms with Gasteiger partial charge >= 0.3 is 0 Å². The van der Waals surface area contributed by atoms with Gasteiger partial charge in [-0.05, 0) is 30.7 Å². The highest BCUT2D eigenvalue weighted by Crippen LogP contribution is 2.20. The largest absolute Gasteiger partial charge is 0.341 e. The molecule has 0 spiro atoms. The molecule has 0 saturated carbocycles. The minimum absolute atomic E-state index is 0.0832. The number of benzene rings is 1. The predicted octanol–water partition coefficient (Wildman–Crippen LogP) is 2.51. The van der Waals surface area contributed by atoms with Crippen molar-refractivity contribution in [1.82, 2.24) is 9.80 Å². The van der Waals surface area contributed by atoms with Crippen molar-refractivity contribution in [2.45, 2.75) is 18.2 Å². The van der Waals surface area contributed by atoms with Gasteiger partial charge in [-0.25, -0.2) is 0 Å². The molecule has 6 heteroatoms. The molecule has 1 fully saturated rings. The van der Waals surface area contributed by atoms with Gasteiger partial charge in [-0.3, -0.25) is 9.59 Å². The fourth-order valence-corrected chi connectivity index (χ4v) is 3.18. The molecule has 114 valence electrons. The summed E-state index contributed by atoms with van der Waals surface area (Å²) in [4.78, 5) is 28.3. The maximum absolute atomic E-state index is 12.2. The molecule has 0 aliphatic carbocycles. The first kappa shape index (κ1) is 16.2. The lowest BCUT2D eigenvalue weighted by Crippen LogP contribution is -2.37. The Kier molecular flexibility index (Phi) is 5.94. The van der Waals surface area contributed by atoms with E-state index in [1.54, 1.807) is 11.8 Å². The number of carbonyl (C=O) groups is 2. The van der Waals surface area contributed by atoms with Crippen molar-refractivity contribution in [2.75, 3.05) is 31.9 Å². The molecule has 0 unspecified atom stereocenters. The Labute approximate surface area is 134 Å². The van der Waals surface area contributed by atoms with E-state index in [4.69, 9.17) is 11.6 Å². The van der Waals surface area contributed by atoms with Gasteiger partial charge in [0.25, 0.3) is 0 Å². The molecule has 2 amide bonds. The number of rotatable bonds is 3. The first-order valence-corrected chi connectivity index (χ1v) is 8.34. The number of carbonyl (C=O) groups excluding carboxylic acids is 2. The van der Waals surface area contributed by atoms with Gasteiger partial charge in [0.2, 0.25) is 11.8 Å². The van der Waals surface area contributed by atoms with Crippen LogP contribution in [0.25, 0.3) is 0 Å². The van der Waals surface area contributed by atoms with Crippen LogP contribution in [0.4, 0.5) is 0 Å². The molecule has 1 aliphatic rings. The smallest absolute Gasteiger partial charge is 0.232 e. The van der Waals surface area contributed by atoms with Gasteiger partial charge in [-0.1, -0.05) is 11.6 Å². The Morgan fingerprint density at radius 2 is 1.71 bits per heavy atom. The average Bonchev–Trinajstić information content (AvgIpc) is 2.72. The second kappa shape index (κ2) is 7.71. The number of halogens is 1. The molecule has 0 aromatic heterocycles. The van der Waals surface area contributed by atoms with Crippen LogP contribution in [0, 0.1) is 0 Å². The summed E-state index contributed by atoms with van der Waals surface area (Å²) in [6.07, 6.45) is 0.844. The molecule has 0 atom stereocenters. The molecule has 2 rings (SSSR count). The maximum Gasteiger partial charge on any atom is 0.232 e. The Hall–Kier alpha value is -1.20. The van der Waals surface area contributed by atoms with E-state index in [9.17, 15) is 9.59 Å². The highest BCUT2D eigenvalue weighted by Gasteiger charge is 2.20. The lowest BCUT2D eigenvalue weighted by atomic mass is 10.4. The van der Waals surface area contributed by atoms with Crippen molar-refractivity contribution in [3.05, 3.63) is 29.3 Å². The monoisotopic (exact) mass is 326 g/mol. The van der Waals surface area contributed by atoms with E-state index < -0.39 is 0 Å². The van der Waals surface area contributed by atoms with Crippen molar-refractivity contribution >= 4 is 35.2 Å². The molecule has 0 bridgehead atoms. The third kappa shape index (κ3) is 4.93. The third-order valence-electron chi connectivity index (χ3n) is 3.47. The van der Waals surface area contributed by atoms with Gasteiger partial charge in [0.15, 0.2) is 0 Å². The normalized spacial score (nSPS) is 15.7. The minimum Gasteiger partial charge on any atom is -0.341 e. The molecular formula is C15H19ClN2O2S. The number of hydrogen-bond acceptors (Lipinski definition) is 3. The van der Waals surface area contributed by atoms with E-state index in [-0.39, 0.29) is 11.8 Å². The van der Waals surface area contributed by atoms with Crippen LogP contribution in [-0.4, -0.2) is 53.5 Å². The predicted molar refractivity (Wildman–Crippen MR) is 85.6 cm³/mol. The molecule has 0 N–H and O–H groups in total. The number of hydrogen-bond donors (Lipinski definition) is 0. The topological polar surface area (TPSA) is 40.6 Å². The van der Waals surface area contributed by atoms with E-state index in [2.05, 4.69) is 0 Å².